The first-order valence-electron chi connectivity index (χ1n) is 7.60. The van der Waals surface area contributed by atoms with Crippen molar-refractivity contribution < 1.29 is 13.2 Å². The van der Waals surface area contributed by atoms with Gasteiger partial charge in [-0.25, -0.2) is 8.42 Å². The van der Waals surface area contributed by atoms with Crippen LogP contribution in [0, 0.1) is 0 Å². The van der Waals surface area contributed by atoms with Crippen LogP contribution in [-0.2, 0) is 10.0 Å². The van der Waals surface area contributed by atoms with Gasteiger partial charge in [-0.2, -0.15) is 4.31 Å². The van der Waals surface area contributed by atoms with Crippen LogP contribution in [-0.4, -0.2) is 25.8 Å². The molecular formula is C17H18ClNO3S. The Morgan fingerprint density at radius 3 is 2.22 bits per heavy atom. The number of rotatable bonds is 4. The van der Waals surface area contributed by atoms with E-state index in [0.717, 1.165) is 19.3 Å². The molecular weight excluding hydrogens is 334 g/mol. The third-order valence-electron chi connectivity index (χ3n) is 3.84. The van der Waals surface area contributed by atoms with Crippen molar-refractivity contribution in [1.82, 2.24) is 4.31 Å². The molecule has 0 saturated carbocycles. The van der Waals surface area contributed by atoms with Gasteiger partial charge in [0.25, 0.3) is 0 Å². The van der Waals surface area contributed by atoms with Gasteiger partial charge in [0.05, 0.1) is 9.92 Å². The third kappa shape index (κ3) is 3.68. The van der Waals surface area contributed by atoms with Gasteiger partial charge in [0.15, 0.2) is 0 Å². The van der Waals surface area contributed by atoms with E-state index in [2.05, 4.69) is 0 Å². The molecule has 1 heterocycles. The number of halogens is 1. The van der Waals surface area contributed by atoms with Gasteiger partial charge in [-0.3, -0.25) is 0 Å². The summed E-state index contributed by atoms with van der Waals surface area (Å²) in [6, 6.07) is 13.6. The number of ether oxygens (including phenoxy) is 1. The Morgan fingerprint density at radius 1 is 0.913 bits per heavy atom. The highest BCUT2D eigenvalue weighted by Crippen LogP contribution is 2.30. The minimum absolute atomic E-state index is 0.297. The fourth-order valence-electron chi connectivity index (χ4n) is 2.59. The van der Waals surface area contributed by atoms with Crippen molar-refractivity contribution in [3.63, 3.8) is 0 Å². The molecule has 1 saturated heterocycles. The molecule has 0 aliphatic carbocycles. The fourth-order valence-corrected chi connectivity index (χ4v) is 4.28. The molecule has 3 rings (SSSR count). The summed E-state index contributed by atoms with van der Waals surface area (Å²) < 4.78 is 32.4. The molecule has 0 N–H and O–H groups in total. The van der Waals surface area contributed by atoms with Gasteiger partial charge in [-0.15, -0.1) is 0 Å². The monoisotopic (exact) mass is 351 g/mol. The van der Waals surface area contributed by atoms with E-state index in [9.17, 15) is 8.42 Å². The normalized spacial score (nSPS) is 16.2. The van der Waals surface area contributed by atoms with Gasteiger partial charge in [0.1, 0.15) is 11.5 Å². The molecule has 0 amide bonds. The first-order chi connectivity index (χ1) is 11.1. The zero-order valence-electron chi connectivity index (χ0n) is 12.6. The van der Waals surface area contributed by atoms with Crippen molar-refractivity contribution in [2.45, 2.75) is 24.2 Å². The third-order valence-corrected chi connectivity index (χ3v) is 6.07. The molecule has 122 valence electrons. The molecule has 0 atom stereocenters. The van der Waals surface area contributed by atoms with E-state index >= 15 is 0 Å². The second-order valence-electron chi connectivity index (χ2n) is 5.47. The lowest BCUT2D eigenvalue weighted by molar-refractivity contribution is 0.346. The molecule has 0 spiro atoms. The molecule has 6 heteroatoms. The van der Waals surface area contributed by atoms with Crippen LogP contribution in [0.15, 0.2) is 53.4 Å². The van der Waals surface area contributed by atoms with E-state index in [1.165, 1.54) is 0 Å². The number of benzene rings is 2. The molecule has 0 unspecified atom stereocenters. The standard InChI is InChI=1S/C17H18ClNO3S/c18-16-6-2-3-7-17(16)22-14-8-10-15(11-9-14)23(20,21)19-12-4-1-5-13-19/h2-3,6-11H,1,4-5,12-13H2. The summed E-state index contributed by atoms with van der Waals surface area (Å²) in [5.74, 6) is 1.09. The predicted octanol–water partition coefficient (Wildman–Crippen LogP) is 4.31. The molecule has 2 aromatic carbocycles. The van der Waals surface area contributed by atoms with E-state index in [4.69, 9.17) is 16.3 Å². The number of hydrogen-bond donors (Lipinski definition) is 0. The number of sulfonamides is 1. The smallest absolute Gasteiger partial charge is 0.243 e. The van der Waals surface area contributed by atoms with E-state index in [1.54, 1.807) is 40.7 Å². The van der Waals surface area contributed by atoms with Crippen LogP contribution >= 0.6 is 11.6 Å². The van der Waals surface area contributed by atoms with Gasteiger partial charge in [0.2, 0.25) is 10.0 Å². The van der Waals surface area contributed by atoms with Gasteiger partial charge < -0.3 is 4.74 Å². The molecule has 0 aromatic heterocycles. The topological polar surface area (TPSA) is 46.6 Å². The van der Waals surface area contributed by atoms with Crippen LogP contribution in [0.5, 0.6) is 11.5 Å². The fraction of sp³-hybridized carbons (Fsp3) is 0.294. The minimum atomic E-state index is -3.41. The number of piperidine rings is 1. The largest absolute Gasteiger partial charge is 0.456 e. The molecule has 4 nitrogen and oxygen atoms in total. The molecule has 23 heavy (non-hydrogen) atoms. The van der Waals surface area contributed by atoms with Crippen LogP contribution in [0.4, 0.5) is 0 Å². The van der Waals surface area contributed by atoms with Crippen molar-refractivity contribution in [2.75, 3.05) is 13.1 Å². The summed E-state index contributed by atoms with van der Waals surface area (Å²) in [5, 5.41) is 0.512. The zero-order valence-corrected chi connectivity index (χ0v) is 14.2. The summed E-state index contributed by atoms with van der Waals surface area (Å²) in [6.07, 6.45) is 2.94. The van der Waals surface area contributed by atoms with Crippen molar-refractivity contribution in [2.24, 2.45) is 0 Å². The lowest BCUT2D eigenvalue weighted by Gasteiger charge is -2.25. The zero-order chi connectivity index (χ0) is 16.3. The average Bonchev–Trinajstić information content (AvgIpc) is 2.58. The Morgan fingerprint density at radius 2 is 1.57 bits per heavy atom. The number of nitrogens with zero attached hydrogens (tertiary/aromatic N) is 1. The lowest BCUT2D eigenvalue weighted by Crippen LogP contribution is -2.35. The second kappa shape index (κ2) is 6.91. The summed E-state index contributed by atoms with van der Waals surface area (Å²) in [7, 11) is -3.41. The highest BCUT2D eigenvalue weighted by atomic mass is 35.5. The van der Waals surface area contributed by atoms with Crippen LogP contribution in [0.25, 0.3) is 0 Å². The Bertz CT molecular complexity index is 769. The van der Waals surface area contributed by atoms with Crippen molar-refractivity contribution in [1.29, 1.82) is 0 Å². The predicted molar refractivity (Wildman–Crippen MR) is 90.6 cm³/mol. The molecule has 1 fully saturated rings. The van der Waals surface area contributed by atoms with E-state index in [1.807, 2.05) is 12.1 Å². The van der Waals surface area contributed by atoms with Crippen LogP contribution in [0.3, 0.4) is 0 Å². The maximum absolute atomic E-state index is 12.6. The summed E-state index contributed by atoms with van der Waals surface area (Å²) in [4.78, 5) is 0.297. The quantitative estimate of drug-likeness (QED) is 0.824. The molecule has 1 aliphatic rings. The Kier molecular flexibility index (Phi) is 4.90. The maximum atomic E-state index is 12.6. The number of para-hydroxylation sites is 1. The first-order valence-corrected chi connectivity index (χ1v) is 9.42. The van der Waals surface area contributed by atoms with Crippen LogP contribution in [0.1, 0.15) is 19.3 Å². The van der Waals surface area contributed by atoms with Gasteiger partial charge >= 0.3 is 0 Å². The molecule has 0 bridgehead atoms. The minimum Gasteiger partial charge on any atom is -0.456 e. The van der Waals surface area contributed by atoms with Crippen molar-refractivity contribution >= 4 is 21.6 Å². The lowest BCUT2D eigenvalue weighted by atomic mass is 10.2. The highest BCUT2D eigenvalue weighted by Gasteiger charge is 2.25. The van der Waals surface area contributed by atoms with E-state index in [0.29, 0.717) is 34.5 Å². The average molecular weight is 352 g/mol. The molecule has 0 radical (unpaired) electrons. The van der Waals surface area contributed by atoms with Crippen LogP contribution in [0.2, 0.25) is 5.02 Å². The van der Waals surface area contributed by atoms with E-state index in [-0.39, 0.29) is 0 Å². The Balaban J connectivity index is 1.78. The molecule has 1 aliphatic heterocycles. The SMILES string of the molecule is O=S(=O)(c1ccc(Oc2ccccc2Cl)cc1)N1CCCCC1. The first kappa shape index (κ1) is 16.3. The summed E-state index contributed by atoms with van der Waals surface area (Å²) in [6.45, 7) is 1.19. The van der Waals surface area contributed by atoms with Crippen molar-refractivity contribution in [3.8, 4) is 11.5 Å². The van der Waals surface area contributed by atoms with Crippen molar-refractivity contribution in [3.05, 3.63) is 53.6 Å². The van der Waals surface area contributed by atoms with E-state index < -0.39 is 10.0 Å². The van der Waals surface area contributed by atoms with Gasteiger partial charge in [0, 0.05) is 13.1 Å². The number of hydrogen-bond acceptors (Lipinski definition) is 3. The van der Waals surface area contributed by atoms with Gasteiger partial charge in [-0.05, 0) is 49.2 Å². The Labute approximate surface area is 141 Å². The maximum Gasteiger partial charge on any atom is 0.243 e. The highest BCUT2D eigenvalue weighted by molar-refractivity contribution is 7.89. The summed E-state index contributed by atoms with van der Waals surface area (Å²) >= 11 is 6.05. The summed E-state index contributed by atoms with van der Waals surface area (Å²) in [5.41, 5.74) is 0. The van der Waals surface area contributed by atoms with Crippen LogP contribution < -0.4 is 4.74 Å². The second-order valence-corrected chi connectivity index (χ2v) is 7.81. The Hall–Kier alpha value is -1.56. The van der Waals surface area contributed by atoms with Gasteiger partial charge in [-0.1, -0.05) is 30.2 Å². The molecule has 2 aromatic rings.